The first-order chi connectivity index (χ1) is 22.2. The van der Waals surface area contributed by atoms with Crippen molar-refractivity contribution in [1.29, 1.82) is 0 Å². The second kappa shape index (κ2) is 16.1. The van der Waals surface area contributed by atoms with E-state index in [-0.39, 0.29) is 17.1 Å². The Morgan fingerprint density at radius 1 is 0.404 bits per heavy atom. The maximum atomic E-state index is 5.49. The van der Waals surface area contributed by atoms with Gasteiger partial charge < -0.3 is 0 Å². The Morgan fingerprint density at radius 3 is 1.00 bits per heavy atom. The van der Waals surface area contributed by atoms with Crippen molar-refractivity contribution in [1.82, 2.24) is 4.98 Å². The van der Waals surface area contributed by atoms with Gasteiger partial charge in [-0.05, 0) is 58.1 Å². The van der Waals surface area contributed by atoms with Crippen LogP contribution < -0.4 is 0 Å². The standard InChI is InChI=1S/C43H47N3.Fe/c1-28(2)34-22-15-23-35(29(3)4)42(34)45-40(32-18-11-9-12-19-32)38-26-17-27-39(44-38)41(33-20-13-10-14-21-33)46-43-36(30(5)6)24-16-25-37(43)31(7)8;/h9-31H,1-8H3;. The minimum Gasteiger partial charge on any atom is -0.246 e. The fourth-order valence-corrected chi connectivity index (χ4v) is 5.94. The number of benzene rings is 4. The zero-order valence-electron chi connectivity index (χ0n) is 29.0. The summed E-state index contributed by atoms with van der Waals surface area (Å²) in [4.78, 5) is 16.3. The third-order valence-corrected chi connectivity index (χ3v) is 8.46. The zero-order chi connectivity index (χ0) is 32.8. The Bertz CT molecular complexity index is 1650. The third-order valence-electron chi connectivity index (χ3n) is 8.46. The first kappa shape index (κ1) is 35.7. The molecule has 1 heterocycles. The fraction of sp³-hybridized carbons (Fsp3) is 0.279. The summed E-state index contributed by atoms with van der Waals surface area (Å²) in [6.45, 7) is 17.9. The number of para-hydroxylation sites is 2. The number of rotatable bonds is 10. The van der Waals surface area contributed by atoms with Crippen molar-refractivity contribution in [3.63, 3.8) is 0 Å². The molecule has 47 heavy (non-hydrogen) atoms. The molecule has 1 aromatic heterocycles. The van der Waals surface area contributed by atoms with E-state index in [4.69, 9.17) is 15.0 Å². The fourth-order valence-electron chi connectivity index (χ4n) is 5.94. The Labute approximate surface area is 292 Å². The van der Waals surface area contributed by atoms with Gasteiger partial charge in [0.2, 0.25) is 0 Å². The number of aliphatic imine (C=N–C) groups is 2. The van der Waals surface area contributed by atoms with Gasteiger partial charge in [0.1, 0.15) is 0 Å². The molecule has 0 atom stereocenters. The van der Waals surface area contributed by atoms with E-state index in [1.54, 1.807) is 0 Å². The molecule has 0 N–H and O–H groups in total. The molecule has 4 heteroatoms. The summed E-state index contributed by atoms with van der Waals surface area (Å²) in [6, 6.07) is 40.3. The van der Waals surface area contributed by atoms with Gasteiger partial charge in [-0.3, -0.25) is 0 Å². The molecule has 0 spiro atoms. The summed E-state index contributed by atoms with van der Waals surface area (Å²) in [5.41, 5.74) is 12.5. The predicted molar refractivity (Wildman–Crippen MR) is 197 cm³/mol. The Hall–Kier alpha value is -4.11. The van der Waals surface area contributed by atoms with E-state index in [1.807, 2.05) is 12.1 Å². The van der Waals surface area contributed by atoms with Crippen LogP contribution in [0.2, 0.25) is 0 Å². The van der Waals surface area contributed by atoms with Gasteiger partial charge in [-0.2, -0.15) is 0 Å². The van der Waals surface area contributed by atoms with Crippen LogP contribution in [-0.4, -0.2) is 16.4 Å². The summed E-state index contributed by atoms with van der Waals surface area (Å²) < 4.78 is 0. The van der Waals surface area contributed by atoms with Gasteiger partial charge in [0.25, 0.3) is 0 Å². The van der Waals surface area contributed by atoms with Gasteiger partial charge in [-0.15, -0.1) is 0 Å². The Morgan fingerprint density at radius 2 is 0.702 bits per heavy atom. The van der Waals surface area contributed by atoms with E-state index in [2.05, 4.69) is 159 Å². The SMILES string of the molecule is CC(C)c1cccc(C(C)C)c1N=C(c1ccccc1)c1cccc(C(=Nc2c(C(C)C)cccc2C(C)C)c2ccccc2)n1.[Fe]. The molecule has 0 amide bonds. The molecular weight excluding hydrogens is 614 g/mol. The van der Waals surface area contributed by atoms with Gasteiger partial charge in [0, 0.05) is 28.2 Å². The van der Waals surface area contributed by atoms with E-state index in [0.29, 0.717) is 23.7 Å². The largest absolute Gasteiger partial charge is 0.246 e. The first-order valence-corrected chi connectivity index (χ1v) is 16.7. The first-order valence-electron chi connectivity index (χ1n) is 16.7. The third kappa shape index (κ3) is 8.25. The van der Waals surface area contributed by atoms with Gasteiger partial charge in [0.05, 0.1) is 34.2 Å². The van der Waals surface area contributed by atoms with Crippen molar-refractivity contribution in [3.05, 3.63) is 160 Å². The summed E-state index contributed by atoms with van der Waals surface area (Å²) in [7, 11) is 0. The van der Waals surface area contributed by atoms with Crippen LogP contribution in [0, 0.1) is 0 Å². The number of hydrogen-bond donors (Lipinski definition) is 0. The van der Waals surface area contributed by atoms with Crippen LogP contribution >= 0.6 is 0 Å². The number of pyridine rings is 1. The minimum absolute atomic E-state index is 0. The normalized spacial score (nSPS) is 12.3. The molecule has 0 aliphatic rings. The van der Waals surface area contributed by atoms with Crippen molar-refractivity contribution in [2.75, 3.05) is 0 Å². The molecular formula is C43H47FeN3. The number of hydrogen-bond acceptors (Lipinski definition) is 3. The number of nitrogens with zero attached hydrogens (tertiary/aromatic N) is 3. The molecule has 242 valence electrons. The molecule has 0 radical (unpaired) electrons. The van der Waals surface area contributed by atoms with Crippen LogP contribution in [0.4, 0.5) is 11.4 Å². The van der Waals surface area contributed by atoms with Crippen LogP contribution in [-0.2, 0) is 17.1 Å². The van der Waals surface area contributed by atoms with E-state index >= 15 is 0 Å². The van der Waals surface area contributed by atoms with Gasteiger partial charge >= 0.3 is 0 Å². The average Bonchev–Trinajstić information content (AvgIpc) is 3.06. The summed E-state index contributed by atoms with van der Waals surface area (Å²) in [5, 5.41) is 0. The average molecular weight is 662 g/mol. The van der Waals surface area contributed by atoms with Crippen LogP contribution in [0.1, 0.15) is 124 Å². The smallest absolute Gasteiger partial charge is 0.0966 e. The molecule has 3 nitrogen and oxygen atoms in total. The predicted octanol–water partition coefficient (Wildman–Crippen LogP) is 11.9. The van der Waals surface area contributed by atoms with Crippen molar-refractivity contribution >= 4 is 22.8 Å². The maximum absolute atomic E-state index is 5.49. The quantitative estimate of drug-likeness (QED) is 0.108. The van der Waals surface area contributed by atoms with Crippen molar-refractivity contribution in [2.45, 2.75) is 79.1 Å². The summed E-state index contributed by atoms with van der Waals surface area (Å²) >= 11 is 0. The molecule has 0 fully saturated rings. The molecule has 0 unspecified atom stereocenters. The molecule has 5 rings (SSSR count). The van der Waals surface area contributed by atoms with Crippen LogP contribution in [0.5, 0.6) is 0 Å². The molecule has 4 aromatic carbocycles. The minimum atomic E-state index is 0. The molecule has 0 bridgehead atoms. The Kier molecular flexibility index (Phi) is 12.3. The van der Waals surface area contributed by atoms with Gasteiger partial charge in [-0.25, -0.2) is 15.0 Å². The molecule has 0 saturated heterocycles. The topological polar surface area (TPSA) is 37.6 Å². The molecule has 5 aromatic rings. The second-order valence-electron chi connectivity index (χ2n) is 13.2. The van der Waals surface area contributed by atoms with Crippen molar-refractivity contribution in [2.24, 2.45) is 9.98 Å². The van der Waals surface area contributed by atoms with Crippen LogP contribution in [0.3, 0.4) is 0 Å². The monoisotopic (exact) mass is 661 g/mol. The van der Waals surface area contributed by atoms with Gasteiger partial charge in [-0.1, -0.05) is 159 Å². The zero-order valence-corrected chi connectivity index (χ0v) is 30.1. The van der Waals surface area contributed by atoms with Gasteiger partial charge in [0.15, 0.2) is 0 Å². The van der Waals surface area contributed by atoms with E-state index in [9.17, 15) is 0 Å². The molecule has 0 aliphatic heterocycles. The Balaban J connectivity index is 0.00000500. The summed E-state index contributed by atoms with van der Waals surface area (Å²) in [5.74, 6) is 1.34. The van der Waals surface area contributed by atoms with E-state index < -0.39 is 0 Å². The number of aromatic nitrogens is 1. The van der Waals surface area contributed by atoms with E-state index in [1.165, 1.54) is 22.3 Å². The van der Waals surface area contributed by atoms with Crippen LogP contribution in [0.25, 0.3) is 0 Å². The van der Waals surface area contributed by atoms with Crippen molar-refractivity contribution < 1.29 is 17.1 Å². The summed E-state index contributed by atoms with van der Waals surface area (Å²) in [6.07, 6.45) is 0. The van der Waals surface area contributed by atoms with Crippen LogP contribution in [0.15, 0.2) is 125 Å². The molecule has 0 aliphatic carbocycles. The molecule has 0 saturated carbocycles. The second-order valence-corrected chi connectivity index (χ2v) is 13.2. The van der Waals surface area contributed by atoms with Crippen molar-refractivity contribution in [3.8, 4) is 0 Å². The maximum Gasteiger partial charge on any atom is 0.0966 e. The van der Waals surface area contributed by atoms with E-state index in [0.717, 1.165) is 45.3 Å².